The number of phenolic OH excluding ortho intramolecular Hbond substituents is 1. The van der Waals surface area contributed by atoms with Crippen molar-refractivity contribution >= 4 is 11.6 Å². The van der Waals surface area contributed by atoms with Gasteiger partial charge in [-0.15, -0.1) is 0 Å². The maximum absolute atomic E-state index is 12.3. The summed E-state index contributed by atoms with van der Waals surface area (Å²) in [5.74, 6) is 0.202. The fraction of sp³-hybridized carbons (Fsp3) is 0.316. The van der Waals surface area contributed by atoms with Crippen LogP contribution in [0.3, 0.4) is 0 Å². The van der Waals surface area contributed by atoms with E-state index in [1.165, 1.54) is 5.56 Å². The zero-order valence-electron chi connectivity index (χ0n) is 13.1. The van der Waals surface area contributed by atoms with Gasteiger partial charge in [-0.2, -0.15) is 0 Å². The summed E-state index contributed by atoms with van der Waals surface area (Å²) >= 11 is 0. The van der Waals surface area contributed by atoms with Crippen LogP contribution in [0.2, 0.25) is 0 Å². The molecule has 2 heterocycles. The van der Waals surface area contributed by atoms with Gasteiger partial charge >= 0.3 is 0 Å². The Kier molecular flexibility index (Phi) is 3.34. The van der Waals surface area contributed by atoms with Gasteiger partial charge in [-0.1, -0.05) is 30.3 Å². The lowest BCUT2D eigenvalue weighted by molar-refractivity contribution is -0.117. The summed E-state index contributed by atoms with van der Waals surface area (Å²) in [7, 11) is 0. The number of anilines is 1. The van der Waals surface area contributed by atoms with Crippen LogP contribution in [0.4, 0.5) is 5.69 Å². The monoisotopic (exact) mass is 308 g/mol. The van der Waals surface area contributed by atoms with Crippen LogP contribution in [0.15, 0.2) is 42.5 Å². The van der Waals surface area contributed by atoms with Crippen LogP contribution in [0.1, 0.15) is 42.0 Å². The Morgan fingerprint density at radius 3 is 2.74 bits per heavy atom. The van der Waals surface area contributed by atoms with Gasteiger partial charge in [-0.3, -0.25) is 9.69 Å². The van der Waals surface area contributed by atoms with E-state index in [0.717, 1.165) is 36.3 Å². The topological polar surface area (TPSA) is 52.6 Å². The lowest BCUT2D eigenvalue weighted by atomic mass is 9.91. The Morgan fingerprint density at radius 1 is 1.17 bits per heavy atom. The SMILES string of the molecule is CC1c2c(O)ccc3c2C(CCN1Cc1ccccc1)C(=O)N3. The summed E-state index contributed by atoms with van der Waals surface area (Å²) in [6, 6.07) is 13.9. The third-order valence-corrected chi connectivity index (χ3v) is 5.09. The number of phenols is 1. The lowest BCUT2D eigenvalue weighted by Gasteiger charge is -2.28. The maximum atomic E-state index is 12.3. The summed E-state index contributed by atoms with van der Waals surface area (Å²) in [5.41, 5.74) is 4.01. The Balaban J connectivity index is 1.74. The van der Waals surface area contributed by atoms with Crippen molar-refractivity contribution in [1.82, 2.24) is 4.90 Å². The molecule has 0 spiro atoms. The molecule has 118 valence electrons. The highest BCUT2D eigenvalue weighted by molar-refractivity contribution is 6.03. The van der Waals surface area contributed by atoms with Gasteiger partial charge in [0.15, 0.2) is 0 Å². The lowest BCUT2D eigenvalue weighted by Crippen LogP contribution is -2.27. The highest BCUT2D eigenvalue weighted by atomic mass is 16.3. The van der Waals surface area contributed by atoms with Crippen LogP contribution in [0.25, 0.3) is 0 Å². The molecule has 2 atom stereocenters. The van der Waals surface area contributed by atoms with Crippen LogP contribution in [0.5, 0.6) is 5.75 Å². The molecular weight excluding hydrogens is 288 g/mol. The minimum Gasteiger partial charge on any atom is -0.508 e. The van der Waals surface area contributed by atoms with E-state index in [1.54, 1.807) is 6.07 Å². The fourth-order valence-electron chi connectivity index (χ4n) is 3.88. The number of nitrogens with one attached hydrogen (secondary N) is 1. The minimum absolute atomic E-state index is 0.0561. The van der Waals surface area contributed by atoms with Gasteiger partial charge in [-0.05, 0) is 36.6 Å². The van der Waals surface area contributed by atoms with Gasteiger partial charge < -0.3 is 10.4 Å². The molecule has 0 saturated carbocycles. The van der Waals surface area contributed by atoms with Gasteiger partial charge in [0.05, 0.1) is 5.92 Å². The van der Waals surface area contributed by atoms with Gasteiger partial charge in [0, 0.05) is 30.4 Å². The predicted octanol–water partition coefficient (Wildman–Crippen LogP) is 3.39. The number of hydrogen-bond donors (Lipinski definition) is 2. The van der Waals surface area contributed by atoms with E-state index in [1.807, 2.05) is 24.3 Å². The van der Waals surface area contributed by atoms with Crippen LogP contribution >= 0.6 is 0 Å². The van der Waals surface area contributed by atoms with E-state index < -0.39 is 0 Å². The number of hydrogen-bond acceptors (Lipinski definition) is 3. The highest BCUT2D eigenvalue weighted by Gasteiger charge is 2.39. The molecule has 4 heteroatoms. The Hall–Kier alpha value is -2.33. The van der Waals surface area contributed by atoms with E-state index in [0.29, 0.717) is 0 Å². The van der Waals surface area contributed by atoms with Gasteiger partial charge in [0.25, 0.3) is 0 Å². The molecule has 2 N–H and O–H groups in total. The third kappa shape index (κ3) is 2.30. The van der Waals surface area contributed by atoms with E-state index >= 15 is 0 Å². The average Bonchev–Trinajstić information content (AvgIpc) is 2.79. The Labute approximate surface area is 135 Å². The number of nitrogens with zero attached hydrogens (tertiary/aromatic N) is 1. The van der Waals surface area contributed by atoms with Crippen molar-refractivity contribution in [2.45, 2.75) is 31.8 Å². The van der Waals surface area contributed by atoms with Gasteiger partial charge in [0.2, 0.25) is 5.91 Å². The van der Waals surface area contributed by atoms with E-state index in [-0.39, 0.29) is 23.6 Å². The van der Waals surface area contributed by atoms with Crippen molar-refractivity contribution in [2.24, 2.45) is 0 Å². The fourth-order valence-corrected chi connectivity index (χ4v) is 3.88. The van der Waals surface area contributed by atoms with Crippen LogP contribution in [-0.4, -0.2) is 22.5 Å². The zero-order chi connectivity index (χ0) is 16.0. The van der Waals surface area contributed by atoms with Crippen molar-refractivity contribution in [1.29, 1.82) is 0 Å². The third-order valence-electron chi connectivity index (χ3n) is 5.09. The molecule has 0 radical (unpaired) electrons. The number of amides is 1. The van der Waals surface area contributed by atoms with Crippen molar-refractivity contribution < 1.29 is 9.90 Å². The largest absolute Gasteiger partial charge is 0.508 e. The van der Waals surface area contributed by atoms with Crippen LogP contribution in [0, 0.1) is 0 Å². The first-order chi connectivity index (χ1) is 11.1. The quantitative estimate of drug-likeness (QED) is 0.836. The summed E-state index contributed by atoms with van der Waals surface area (Å²) in [4.78, 5) is 14.6. The zero-order valence-corrected chi connectivity index (χ0v) is 13.1. The first kappa shape index (κ1) is 14.3. The second kappa shape index (κ2) is 5.39. The summed E-state index contributed by atoms with van der Waals surface area (Å²) in [6.07, 6.45) is 0.784. The second-order valence-electron chi connectivity index (χ2n) is 6.42. The molecule has 1 amide bonds. The number of carbonyl (C=O) groups excluding carboxylic acids is 1. The molecule has 2 aliphatic rings. The molecule has 0 fully saturated rings. The maximum Gasteiger partial charge on any atom is 0.232 e. The first-order valence-corrected chi connectivity index (χ1v) is 8.09. The van der Waals surface area contributed by atoms with Crippen LogP contribution < -0.4 is 5.32 Å². The molecular formula is C19H20N2O2. The number of carbonyl (C=O) groups is 1. The average molecular weight is 308 g/mol. The van der Waals surface area contributed by atoms with Crippen molar-refractivity contribution in [3.63, 3.8) is 0 Å². The highest BCUT2D eigenvalue weighted by Crippen LogP contribution is 2.47. The summed E-state index contributed by atoms with van der Waals surface area (Å²) in [5, 5.41) is 13.4. The first-order valence-electron chi connectivity index (χ1n) is 8.09. The molecule has 0 saturated heterocycles. The second-order valence-corrected chi connectivity index (χ2v) is 6.42. The molecule has 2 aliphatic heterocycles. The van der Waals surface area contributed by atoms with Crippen molar-refractivity contribution in [3.8, 4) is 5.75 Å². The molecule has 2 aromatic rings. The van der Waals surface area contributed by atoms with E-state index in [4.69, 9.17) is 0 Å². The standard InChI is InChI=1S/C19H20N2O2/c1-12-17-16(22)8-7-15-18(17)14(19(23)20-15)9-10-21(12)11-13-5-3-2-4-6-13/h2-8,12,14,22H,9-11H2,1H3,(H,20,23). The molecule has 23 heavy (non-hydrogen) atoms. The number of rotatable bonds is 2. The van der Waals surface area contributed by atoms with Crippen LogP contribution in [-0.2, 0) is 11.3 Å². The van der Waals surface area contributed by atoms with Crippen molar-refractivity contribution in [3.05, 3.63) is 59.2 Å². The molecule has 4 nitrogen and oxygen atoms in total. The van der Waals surface area contributed by atoms with Gasteiger partial charge in [0.1, 0.15) is 5.75 Å². The van der Waals surface area contributed by atoms with E-state index in [2.05, 4.69) is 29.3 Å². The van der Waals surface area contributed by atoms with Gasteiger partial charge in [-0.25, -0.2) is 0 Å². The minimum atomic E-state index is -0.143. The Bertz CT molecular complexity index is 757. The molecule has 0 aliphatic carbocycles. The molecule has 0 aromatic heterocycles. The normalized spacial score (nSPS) is 23.3. The Morgan fingerprint density at radius 2 is 1.96 bits per heavy atom. The smallest absolute Gasteiger partial charge is 0.232 e. The molecule has 2 unspecified atom stereocenters. The molecule has 2 aromatic carbocycles. The predicted molar refractivity (Wildman–Crippen MR) is 89.4 cm³/mol. The molecule has 0 bridgehead atoms. The number of benzene rings is 2. The summed E-state index contributed by atoms with van der Waals surface area (Å²) in [6.45, 7) is 3.77. The molecule has 4 rings (SSSR count). The summed E-state index contributed by atoms with van der Waals surface area (Å²) < 4.78 is 0. The van der Waals surface area contributed by atoms with E-state index in [9.17, 15) is 9.90 Å². The van der Waals surface area contributed by atoms with Crippen molar-refractivity contribution in [2.75, 3.05) is 11.9 Å². The number of aromatic hydroxyl groups is 1.